The molecule has 4 heteroatoms. The van der Waals surface area contributed by atoms with E-state index in [1.165, 1.54) is 0 Å². The highest BCUT2D eigenvalue weighted by Crippen LogP contribution is 2.33. The maximum atomic E-state index is 5.63. The molecule has 20 heavy (non-hydrogen) atoms. The van der Waals surface area contributed by atoms with Gasteiger partial charge in [0.15, 0.2) is 11.5 Å². The van der Waals surface area contributed by atoms with Crippen molar-refractivity contribution in [3.05, 3.63) is 47.4 Å². The van der Waals surface area contributed by atoms with Crippen LogP contribution in [0.4, 0.5) is 0 Å². The van der Waals surface area contributed by atoms with Crippen LogP contribution in [0.25, 0.3) is 0 Å². The monoisotopic (exact) mass is 275 g/mol. The molecule has 0 saturated carbocycles. The minimum absolute atomic E-state index is 0.00908. The van der Waals surface area contributed by atoms with Crippen LogP contribution in [0.3, 0.4) is 0 Å². The average molecular weight is 275 g/mol. The van der Waals surface area contributed by atoms with Crippen molar-refractivity contribution in [1.29, 1.82) is 0 Å². The van der Waals surface area contributed by atoms with Crippen LogP contribution in [0, 0.1) is 6.92 Å². The lowest BCUT2D eigenvalue weighted by atomic mass is 10.0. The third kappa shape index (κ3) is 2.80. The number of hydrogen-bond donors (Lipinski definition) is 1. The topological polar surface area (TPSA) is 43.6 Å². The molecule has 1 heterocycles. The van der Waals surface area contributed by atoms with Crippen LogP contribution in [0.5, 0.6) is 11.5 Å². The fourth-order valence-electron chi connectivity index (χ4n) is 2.28. The molecule has 1 aromatic heterocycles. The molecule has 4 nitrogen and oxygen atoms in total. The van der Waals surface area contributed by atoms with Crippen LogP contribution in [0.15, 0.2) is 34.9 Å². The summed E-state index contributed by atoms with van der Waals surface area (Å²) in [6, 6.07) is 7.90. The van der Waals surface area contributed by atoms with Crippen LogP contribution >= 0.6 is 0 Å². The van der Waals surface area contributed by atoms with E-state index in [-0.39, 0.29) is 6.04 Å². The highest BCUT2D eigenvalue weighted by molar-refractivity contribution is 5.45. The highest BCUT2D eigenvalue weighted by atomic mass is 16.5. The predicted octanol–water partition coefficient (Wildman–Crippen LogP) is 3.30. The van der Waals surface area contributed by atoms with Crippen LogP contribution in [0.2, 0.25) is 0 Å². The number of aryl methyl sites for hydroxylation is 1. The number of hydrogen-bond acceptors (Lipinski definition) is 4. The summed E-state index contributed by atoms with van der Waals surface area (Å²) in [7, 11) is 3.28. The lowest BCUT2D eigenvalue weighted by Crippen LogP contribution is -2.22. The summed E-state index contributed by atoms with van der Waals surface area (Å²) in [6.45, 7) is 4.97. The Morgan fingerprint density at radius 2 is 1.90 bits per heavy atom. The van der Waals surface area contributed by atoms with Gasteiger partial charge in [-0.15, -0.1) is 0 Å². The molecule has 0 spiro atoms. The van der Waals surface area contributed by atoms with Gasteiger partial charge in [0.1, 0.15) is 5.76 Å². The molecule has 1 unspecified atom stereocenters. The van der Waals surface area contributed by atoms with Crippen molar-refractivity contribution in [3.8, 4) is 11.5 Å². The molecule has 0 aliphatic rings. The van der Waals surface area contributed by atoms with Crippen LogP contribution in [0.1, 0.15) is 29.9 Å². The molecule has 2 rings (SSSR count). The Bertz CT molecular complexity index is 563. The number of nitrogens with one attached hydrogen (secondary N) is 1. The second kappa shape index (κ2) is 6.48. The zero-order chi connectivity index (χ0) is 14.5. The Morgan fingerprint density at radius 1 is 1.15 bits per heavy atom. The van der Waals surface area contributed by atoms with Crippen molar-refractivity contribution < 1.29 is 13.9 Å². The Labute approximate surface area is 119 Å². The smallest absolute Gasteiger partial charge is 0.161 e. The molecule has 1 aromatic carbocycles. The van der Waals surface area contributed by atoms with Gasteiger partial charge in [-0.1, -0.05) is 13.0 Å². The third-order valence-corrected chi connectivity index (χ3v) is 3.31. The SMILES string of the molecule is CCNC(c1ccc(OC)c(OC)c1)c1occc1C. The largest absolute Gasteiger partial charge is 0.493 e. The summed E-state index contributed by atoms with van der Waals surface area (Å²) in [5.74, 6) is 2.37. The van der Waals surface area contributed by atoms with E-state index in [2.05, 4.69) is 12.2 Å². The molecule has 0 aliphatic heterocycles. The number of ether oxygens (including phenoxy) is 2. The van der Waals surface area contributed by atoms with Gasteiger partial charge in [0, 0.05) is 0 Å². The number of furan rings is 1. The second-order valence-electron chi connectivity index (χ2n) is 4.57. The highest BCUT2D eigenvalue weighted by Gasteiger charge is 2.20. The fourth-order valence-corrected chi connectivity index (χ4v) is 2.28. The molecule has 0 aliphatic carbocycles. The van der Waals surface area contributed by atoms with Gasteiger partial charge in [0.2, 0.25) is 0 Å². The molecule has 0 radical (unpaired) electrons. The van der Waals surface area contributed by atoms with Crippen molar-refractivity contribution in [2.24, 2.45) is 0 Å². The minimum Gasteiger partial charge on any atom is -0.493 e. The first-order valence-corrected chi connectivity index (χ1v) is 6.70. The van der Waals surface area contributed by atoms with Crippen molar-refractivity contribution in [2.75, 3.05) is 20.8 Å². The molecule has 0 fully saturated rings. The van der Waals surface area contributed by atoms with E-state index in [1.54, 1.807) is 20.5 Å². The zero-order valence-electron chi connectivity index (χ0n) is 12.4. The van der Waals surface area contributed by atoms with E-state index in [4.69, 9.17) is 13.9 Å². The van der Waals surface area contributed by atoms with Gasteiger partial charge >= 0.3 is 0 Å². The summed E-state index contributed by atoms with van der Waals surface area (Å²) in [5.41, 5.74) is 2.22. The van der Waals surface area contributed by atoms with Gasteiger partial charge < -0.3 is 19.2 Å². The van der Waals surface area contributed by atoms with E-state index in [9.17, 15) is 0 Å². The molecule has 1 atom stereocenters. The van der Waals surface area contributed by atoms with Gasteiger partial charge in [0.25, 0.3) is 0 Å². The third-order valence-electron chi connectivity index (χ3n) is 3.31. The molecular weight excluding hydrogens is 254 g/mol. The van der Waals surface area contributed by atoms with E-state index < -0.39 is 0 Å². The average Bonchev–Trinajstić information content (AvgIpc) is 2.90. The van der Waals surface area contributed by atoms with Gasteiger partial charge in [-0.25, -0.2) is 0 Å². The van der Waals surface area contributed by atoms with E-state index >= 15 is 0 Å². The van der Waals surface area contributed by atoms with Gasteiger partial charge in [-0.05, 0) is 42.8 Å². The first kappa shape index (κ1) is 14.5. The van der Waals surface area contributed by atoms with E-state index in [1.807, 2.05) is 31.2 Å². The molecule has 0 saturated heterocycles. The predicted molar refractivity (Wildman–Crippen MR) is 78.5 cm³/mol. The maximum absolute atomic E-state index is 5.63. The van der Waals surface area contributed by atoms with E-state index in [0.29, 0.717) is 0 Å². The summed E-state index contributed by atoms with van der Waals surface area (Å²) in [4.78, 5) is 0. The van der Waals surface area contributed by atoms with Crippen molar-refractivity contribution >= 4 is 0 Å². The lowest BCUT2D eigenvalue weighted by molar-refractivity contribution is 0.353. The lowest BCUT2D eigenvalue weighted by Gasteiger charge is -2.18. The molecule has 2 aromatic rings. The summed E-state index contributed by atoms with van der Waals surface area (Å²) in [6.07, 6.45) is 1.72. The molecule has 0 amide bonds. The van der Waals surface area contributed by atoms with E-state index in [0.717, 1.165) is 34.9 Å². The zero-order valence-corrected chi connectivity index (χ0v) is 12.4. The molecule has 0 bridgehead atoms. The Kier molecular flexibility index (Phi) is 4.69. The van der Waals surface area contributed by atoms with Crippen molar-refractivity contribution in [1.82, 2.24) is 5.32 Å². The fraction of sp³-hybridized carbons (Fsp3) is 0.375. The minimum atomic E-state index is 0.00908. The van der Waals surface area contributed by atoms with Crippen molar-refractivity contribution in [2.45, 2.75) is 19.9 Å². The van der Waals surface area contributed by atoms with Gasteiger partial charge in [0.05, 0.1) is 26.5 Å². The number of benzene rings is 1. The second-order valence-corrected chi connectivity index (χ2v) is 4.57. The van der Waals surface area contributed by atoms with Crippen LogP contribution in [-0.4, -0.2) is 20.8 Å². The molecule has 1 N–H and O–H groups in total. The summed E-state index contributed by atoms with van der Waals surface area (Å²) >= 11 is 0. The quantitative estimate of drug-likeness (QED) is 0.878. The normalized spacial score (nSPS) is 12.2. The summed E-state index contributed by atoms with van der Waals surface area (Å²) < 4.78 is 16.3. The molecular formula is C16H21NO3. The Balaban J connectivity index is 2.42. The first-order valence-electron chi connectivity index (χ1n) is 6.70. The van der Waals surface area contributed by atoms with Crippen LogP contribution < -0.4 is 14.8 Å². The van der Waals surface area contributed by atoms with Crippen LogP contribution in [-0.2, 0) is 0 Å². The van der Waals surface area contributed by atoms with Crippen molar-refractivity contribution in [3.63, 3.8) is 0 Å². The number of rotatable bonds is 6. The Morgan fingerprint density at radius 3 is 2.45 bits per heavy atom. The standard InChI is InChI=1S/C16H21NO3/c1-5-17-15(16-11(2)8-9-20-16)12-6-7-13(18-3)14(10-12)19-4/h6-10,15,17H,5H2,1-4H3. The van der Waals surface area contributed by atoms with Gasteiger partial charge in [-0.2, -0.15) is 0 Å². The van der Waals surface area contributed by atoms with Gasteiger partial charge in [-0.3, -0.25) is 0 Å². The molecule has 108 valence electrons. The Hall–Kier alpha value is -1.94. The summed E-state index contributed by atoms with van der Waals surface area (Å²) in [5, 5.41) is 3.44. The first-order chi connectivity index (χ1) is 9.71. The maximum Gasteiger partial charge on any atom is 0.161 e. The number of methoxy groups -OCH3 is 2.